The molecule has 0 bridgehead atoms. The van der Waals surface area contributed by atoms with Gasteiger partial charge < -0.3 is 4.74 Å². The highest BCUT2D eigenvalue weighted by atomic mass is 32.2. The quantitative estimate of drug-likeness (QED) is 0.257. The fourth-order valence-electron chi connectivity index (χ4n) is 1.57. The molecule has 1 unspecified atom stereocenters. The molecule has 1 aromatic carbocycles. The molecule has 0 aromatic heterocycles. The number of rotatable bonds is 7. The number of thioether (sulfide) groups is 1. The predicted octanol–water partition coefficient (Wildman–Crippen LogP) is 1.06. The van der Waals surface area contributed by atoms with Crippen LogP contribution in [0.2, 0.25) is 0 Å². The van der Waals surface area contributed by atoms with Gasteiger partial charge in [0.15, 0.2) is 0 Å². The van der Waals surface area contributed by atoms with Crippen LogP contribution in [-0.4, -0.2) is 30.5 Å². The van der Waals surface area contributed by atoms with Crippen LogP contribution in [0.4, 0.5) is 0 Å². The minimum Gasteiger partial charge on any atom is -0.469 e. The molecule has 6 heteroatoms. The number of nitrogens with two attached hydrogens (primary N) is 1. The molecule has 1 atom stereocenters. The molecule has 3 N–H and O–H groups in total. The van der Waals surface area contributed by atoms with Gasteiger partial charge in [0.2, 0.25) is 5.91 Å². The van der Waals surface area contributed by atoms with E-state index in [0.717, 1.165) is 5.56 Å². The average molecular weight is 282 g/mol. The molecule has 1 rings (SSSR count). The normalized spacial score (nSPS) is 11.7. The van der Waals surface area contributed by atoms with Crippen molar-refractivity contribution in [2.45, 2.75) is 12.3 Å². The Labute approximate surface area is 116 Å². The van der Waals surface area contributed by atoms with Crippen molar-refractivity contribution in [1.29, 1.82) is 0 Å². The molecule has 0 heterocycles. The number of methoxy groups -OCH3 is 1. The topological polar surface area (TPSA) is 81.4 Å². The van der Waals surface area contributed by atoms with Crippen LogP contribution in [0.5, 0.6) is 0 Å². The third kappa shape index (κ3) is 5.32. The predicted molar refractivity (Wildman–Crippen MR) is 75.5 cm³/mol. The van der Waals surface area contributed by atoms with E-state index in [4.69, 9.17) is 5.84 Å². The van der Waals surface area contributed by atoms with Crippen LogP contribution in [-0.2, 0) is 14.3 Å². The van der Waals surface area contributed by atoms with E-state index in [0.29, 0.717) is 17.9 Å². The number of carbonyl (C=O) groups is 2. The number of esters is 1. The van der Waals surface area contributed by atoms with Crippen molar-refractivity contribution in [2.75, 3.05) is 18.6 Å². The van der Waals surface area contributed by atoms with E-state index >= 15 is 0 Å². The molecule has 19 heavy (non-hydrogen) atoms. The number of hydrogen-bond donors (Lipinski definition) is 2. The summed E-state index contributed by atoms with van der Waals surface area (Å²) in [5, 5.41) is 0. The summed E-state index contributed by atoms with van der Waals surface area (Å²) < 4.78 is 4.56. The van der Waals surface area contributed by atoms with Crippen molar-refractivity contribution in [3.05, 3.63) is 35.9 Å². The molecule has 0 aliphatic rings. The molecule has 0 spiro atoms. The summed E-state index contributed by atoms with van der Waals surface area (Å²) in [5.74, 6) is 5.61. The Hall–Kier alpha value is -1.53. The first-order valence-electron chi connectivity index (χ1n) is 5.89. The molecule has 0 fully saturated rings. The Bertz CT molecular complexity index is 412. The summed E-state index contributed by atoms with van der Waals surface area (Å²) in [4.78, 5) is 22.7. The van der Waals surface area contributed by atoms with Gasteiger partial charge in [-0.25, -0.2) is 5.84 Å². The van der Waals surface area contributed by atoms with Gasteiger partial charge in [0.05, 0.1) is 19.4 Å². The molecule has 1 amide bonds. The number of benzene rings is 1. The van der Waals surface area contributed by atoms with Gasteiger partial charge in [-0.15, -0.1) is 0 Å². The first-order valence-corrected chi connectivity index (χ1v) is 7.04. The SMILES string of the molecule is COC(=O)CCSCC(C(=O)NN)c1ccccc1. The third-order valence-corrected chi connectivity index (χ3v) is 3.69. The second-order valence-electron chi connectivity index (χ2n) is 3.87. The second kappa shape index (κ2) is 8.55. The second-order valence-corrected chi connectivity index (χ2v) is 5.02. The van der Waals surface area contributed by atoms with Gasteiger partial charge in [0.25, 0.3) is 0 Å². The van der Waals surface area contributed by atoms with Crippen LogP contribution < -0.4 is 11.3 Å². The number of carbonyl (C=O) groups excluding carboxylic acids is 2. The summed E-state index contributed by atoms with van der Waals surface area (Å²) in [5.41, 5.74) is 3.09. The fourth-order valence-corrected chi connectivity index (χ4v) is 2.63. The zero-order valence-electron chi connectivity index (χ0n) is 10.8. The molecular formula is C13H18N2O3S. The lowest BCUT2D eigenvalue weighted by molar-refractivity contribution is -0.140. The van der Waals surface area contributed by atoms with Gasteiger partial charge in [0, 0.05) is 11.5 Å². The van der Waals surface area contributed by atoms with Crippen molar-refractivity contribution >= 4 is 23.6 Å². The average Bonchev–Trinajstić information content (AvgIpc) is 2.47. The van der Waals surface area contributed by atoms with Crippen LogP contribution in [0.1, 0.15) is 17.9 Å². The minimum absolute atomic E-state index is 0.225. The lowest BCUT2D eigenvalue weighted by Crippen LogP contribution is -2.35. The van der Waals surface area contributed by atoms with E-state index in [1.807, 2.05) is 30.3 Å². The third-order valence-electron chi connectivity index (χ3n) is 2.62. The number of amides is 1. The first-order chi connectivity index (χ1) is 9.19. The van der Waals surface area contributed by atoms with Gasteiger partial charge in [-0.3, -0.25) is 15.0 Å². The van der Waals surface area contributed by atoms with E-state index in [2.05, 4.69) is 10.2 Å². The monoisotopic (exact) mass is 282 g/mol. The van der Waals surface area contributed by atoms with E-state index in [-0.39, 0.29) is 17.8 Å². The fraction of sp³-hybridized carbons (Fsp3) is 0.385. The van der Waals surface area contributed by atoms with Gasteiger partial charge in [-0.1, -0.05) is 30.3 Å². The summed E-state index contributed by atoms with van der Waals surface area (Å²) >= 11 is 1.53. The lowest BCUT2D eigenvalue weighted by atomic mass is 10.0. The van der Waals surface area contributed by atoms with Crippen LogP contribution in [0, 0.1) is 0 Å². The van der Waals surface area contributed by atoms with Crippen molar-refractivity contribution in [3.8, 4) is 0 Å². The Morgan fingerprint density at radius 1 is 1.37 bits per heavy atom. The van der Waals surface area contributed by atoms with Crippen molar-refractivity contribution in [3.63, 3.8) is 0 Å². The summed E-state index contributed by atoms with van der Waals surface area (Å²) in [6, 6.07) is 9.43. The molecule has 1 aromatic rings. The maximum absolute atomic E-state index is 11.8. The van der Waals surface area contributed by atoms with E-state index in [1.54, 1.807) is 0 Å². The molecule has 0 aliphatic heterocycles. The number of ether oxygens (including phenoxy) is 1. The summed E-state index contributed by atoms with van der Waals surface area (Å²) in [6.45, 7) is 0. The summed E-state index contributed by atoms with van der Waals surface area (Å²) in [7, 11) is 1.36. The zero-order valence-corrected chi connectivity index (χ0v) is 11.6. The number of hydrazine groups is 1. The lowest BCUT2D eigenvalue weighted by Gasteiger charge is -2.15. The molecule has 5 nitrogen and oxygen atoms in total. The maximum Gasteiger partial charge on any atom is 0.306 e. The minimum atomic E-state index is -0.311. The molecule has 0 radical (unpaired) electrons. The Kier molecular flexibility index (Phi) is 6.99. The number of nitrogens with one attached hydrogen (secondary N) is 1. The first kappa shape index (κ1) is 15.5. The highest BCUT2D eigenvalue weighted by Gasteiger charge is 2.19. The van der Waals surface area contributed by atoms with Crippen LogP contribution in [0.25, 0.3) is 0 Å². The van der Waals surface area contributed by atoms with Gasteiger partial charge in [-0.2, -0.15) is 11.8 Å². The smallest absolute Gasteiger partial charge is 0.306 e. The molecule has 0 saturated heterocycles. The van der Waals surface area contributed by atoms with Gasteiger partial charge in [0.1, 0.15) is 0 Å². The van der Waals surface area contributed by atoms with E-state index in [1.165, 1.54) is 18.9 Å². The van der Waals surface area contributed by atoms with Crippen molar-refractivity contribution in [1.82, 2.24) is 5.43 Å². The standard InChI is InChI=1S/C13H18N2O3S/c1-18-12(16)7-8-19-9-11(13(17)15-14)10-5-3-2-4-6-10/h2-6,11H,7-9,14H2,1H3,(H,15,17). The molecule has 0 saturated carbocycles. The van der Waals surface area contributed by atoms with Crippen molar-refractivity contribution < 1.29 is 14.3 Å². The van der Waals surface area contributed by atoms with E-state index in [9.17, 15) is 9.59 Å². The summed E-state index contributed by atoms with van der Waals surface area (Å²) in [6.07, 6.45) is 0.340. The van der Waals surface area contributed by atoms with Crippen LogP contribution in [0.3, 0.4) is 0 Å². The van der Waals surface area contributed by atoms with Crippen LogP contribution >= 0.6 is 11.8 Å². The molecule has 104 valence electrons. The molecule has 0 aliphatic carbocycles. The maximum atomic E-state index is 11.8. The van der Waals surface area contributed by atoms with Gasteiger partial charge >= 0.3 is 5.97 Å². The van der Waals surface area contributed by atoms with Crippen LogP contribution in [0.15, 0.2) is 30.3 Å². The zero-order chi connectivity index (χ0) is 14.1. The Morgan fingerprint density at radius 2 is 2.05 bits per heavy atom. The Morgan fingerprint density at radius 3 is 2.63 bits per heavy atom. The number of hydrogen-bond acceptors (Lipinski definition) is 5. The highest BCUT2D eigenvalue weighted by Crippen LogP contribution is 2.21. The van der Waals surface area contributed by atoms with Gasteiger partial charge in [-0.05, 0) is 5.56 Å². The van der Waals surface area contributed by atoms with E-state index < -0.39 is 0 Å². The molecular weight excluding hydrogens is 264 g/mol. The largest absolute Gasteiger partial charge is 0.469 e. The highest BCUT2D eigenvalue weighted by molar-refractivity contribution is 7.99. The van der Waals surface area contributed by atoms with Crippen molar-refractivity contribution in [2.24, 2.45) is 5.84 Å². The Balaban J connectivity index is 2.52.